The van der Waals surface area contributed by atoms with Crippen LogP contribution in [0.15, 0.2) is 54.6 Å². The van der Waals surface area contributed by atoms with Crippen molar-refractivity contribution in [3.63, 3.8) is 0 Å². The molecule has 0 spiro atoms. The van der Waals surface area contributed by atoms with Gasteiger partial charge in [0.25, 0.3) is 0 Å². The zero-order valence-electron chi connectivity index (χ0n) is 17.2. The monoisotopic (exact) mass is 380 g/mol. The number of unbranched alkanes of at least 4 members (excludes halogenated alkanes) is 2. The standard InChI is InChI=1S/C25H33NO2/c1-2-3-10-19-28-23-15-13-22(14-16-23)25(27)24(21-11-6-4-7-12-21)20-26-17-8-5-9-18-26/h4,6-7,11-16,24H,2-3,5,8-10,17-20H2,1H3/p+1/t24-/m1/s1. The fourth-order valence-electron chi connectivity index (χ4n) is 4.05. The minimum absolute atomic E-state index is 0.0781. The molecule has 0 aliphatic carbocycles. The molecular formula is C25H34NO2+. The van der Waals surface area contributed by atoms with E-state index >= 15 is 0 Å². The molecule has 1 N–H and O–H groups in total. The molecule has 0 radical (unpaired) electrons. The predicted molar refractivity (Wildman–Crippen MR) is 114 cm³/mol. The molecule has 1 heterocycles. The highest BCUT2D eigenvalue weighted by Crippen LogP contribution is 2.22. The van der Waals surface area contributed by atoms with Crippen LogP contribution < -0.4 is 9.64 Å². The average molecular weight is 381 g/mol. The van der Waals surface area contributed by atoms with Gasteiger partial charge in [0.1, 0.15) is 5.75 Å². The third kappa shape index (κ3) is 5.93. The minimum atomic E-state index is -0.0781. The number of carbonyl (C=O) groups excluding carboxylic acids is 1. The maximum absolute atomic E-state index is 13.4. The number of hydrogen-bond acceptors (Lipinski definition) is 2. The van der Waals surface area contributed by atoms with Gasteiger partial charge >= 0.3 is 0 Å². The molecule has 0 saturated carbocycles. The summed E-state index contributed by atoms with van der Waals surface area (Å²) in [5, 5.41) is 0. The summed E-state index contributed by atoms with van der Waals surface area (Å²) in [5.41, 5.74) is 1.91. The second-order valence-corrected chi connectivity index (χ2v) is 7.92. The number of hydrogen-bond donors (Lipinski definition) is 1. The molecular weight excluding hydrogens is 346 g/mol. The second-order valence-electron chi connectivity index (χ2n) is 7.92. The largest absolute Gasteiger partial charge is 0.494 e. The zero-order chi connectivity index (χ0) is 19.6. The molecule has 150 valence electrons. The topological polar surface area (TPSA) is 30.7 Å². The van der Waals surface area contributed by atoms with Gasteiger partial charge in [0.05, 0.1) is 32.2 Å². The van der Waals surface area contributed by atoms with Gasteiger partial charge in [-0.3, -0.25) is 4.79 Å². The summed E-state index contributed by atoms with van der Waals surface area (Å²) >= 11 is 0. The van der Waals surface area contributed by atoms with Gasteiger partial charge < -0.3 is 9.64 Å². The minimum Gasteiger partial charge on any atom is -0.494 e. The van der Waals surface area contributed by atoms with Crippen LogP contribution in [0, 0.1) is 0 Å². The Morgan fingerprint density at radius 1 is 0.964 bits per heavy atom. The lowest BCUT2D eigenvalue weighted by Crippen LogP contribution is -3.13. The average Bonchev–Trinajstić information content (AvgIpc) is 2.76. The Bertz CT molecular complexity index is 705. The summed E-state index contributed by atoms with van der Waals surface area (Å²) in [6.07, 6.45) is 7.33. The SMILES string of the molecule is CCCCCOc1ccc(C(=O)[C@H](C[NH+]2CCCCC2)c2ccccc2)cc1. The fraction of sp³-hybridized carbons (Fsp3) is 0.480. The van der Waals surface area contributed by atoms with Crippen LogP contribution in [0.25, 0.3) is 0 Å². The normalized spacial score (nSPS) is 15.9. The van der Waals surface area contributed by atoms with E-state index in [1.54, 1.807) is 4.90 Å². The van der Waals surface area contributed by atoms with E-state index in [-0.39, 0.29) is 11.7 Å². The second kappa shape index (κ2) is 11.0. The molecule has 3 rings (SSSR count). The molecule has 2 aromatic rings. The number of quaternary nitrogens is 1. The van der Waals surface area contributed by atoms with Crippen LogP contribution in [0.2, 0.25) is 0 Å². The molecule has 3 nitrogen and oxygen atoms in total. The molecule has 1 atom stereocenters. The molecule has 0 bridgehead atoms. The van der Waals surface area contributed by atoms with Gasteiger partial charge in [0.15, 0.2) is 5.78 Å². The van der Waals surface area contributed by atoms with E-state index in [9.17, 15) is 4.79 Å². The molecule has 1 aliphatic heterocycles. The first-order valence-corrected chi connectivity index (χ1v) is 10.9. The van der Waals surface area contributed by atoms with Crippen molar-refractivity contribution in [1.82, 2.24) is 0 Å². The highest BCUT2D eigenvalue weighted by Gasteiger charge is 2.27. The lowest BCUT2D eigenvalue weighted by atomic mass is 9.89. The number of carbonyl (C=O) groups is 1. The van der Waals surface area contributed by atoms with E-state index in [0.717, 1.165) is 36.4 Å². The first kappa shape index (κ1) is 20.6. The van der Waals surface area contributed by atoms with Crippen LogP contribution >= 0.6 is 0 Å². The quantitative estimate of drug-likeness (QED) is 0.492. The first-order chi connectivity index (χ1) is 13.8. The fourth-order valence-corrected chi connectivity index (χ4v) is 4.05. The van der Waals surface area contributed by atoms with Crippen molar-refractivity contribution >= 4 is 5.78 Å². The van der Waals surface area contributed by atoms with Crippen molar-refractivity contribution in [2.75, 3.05) is 26.2 Å². The number of likely N-dealkylation sites (tertiary alicyclic amines) is 1. The lowest BCUT2D eigenvalue weighted by molar-refractivity contribution is -0.905. The van der Waals surface area contributed by atoms with E-state index in [1.165, 1.54) is 45.2 Å². The third-order valence-corrected chi connectivity index (χ3v) is 5.73. The highest BCUT2D eigenvalue weighted by atomic mass is 16.5. The molecule has 0 amide bonds. The number of Topliss-reactive ketones (excluding diaryl/α,β-unsaturated/α-hetero) is 1. The number of rotatable bonds is 10. The van der Waals surface area contributed by atoms with Crippen molar-refractivity contribution in [1.29, 1.82) is 0 Å². The van der Waals surface area contributed by atoms with E-state index < -0.39 is 0 Å². The Hall–Kier alpha value is -2.13. The van der Waals surface area contributed by atoms with Gasteiger partial charge in [0.2, 0.25) is 0 Å². The Morgan fingerprint density at radius 2 is 1.68 bits per heavy atom. The van der Waals surface area contributed by atoms with Gasteiger partial charge in [-0.05, 0) is 55.5 Å². The number of piperidine rings is 1. The van der Waals surface area contributed by atoms with E-state index in [0.29, 0.717) is 0 Å². The van der Waals surface area contributed by atoms with Crippen LogP contribution in [-0.2, 0) is 0 Å². The van der Waals surface area contributed by atoms with E-state index in [2.05, 4.69) is 19.1 Å². The predicted octanol–water partition coefficient (Wildman–Crippen LogP) is 4.29. The Labute approximate surface area is 169 Å². The van der Waals surface area contributed by atoms with Gasteiger partial charge in [-0.15, -0.1) is 0 Å². The van der Waals surface area contributed by atoms with Crippen LogP contribution in [0.5, 0.6) is 5.75 Å². The molecule has 1 saturated heterocycles. The zero-order valence-corrected chi connectivity index (χ0v) is 17.2. The number of ether oxygens (including phenoxy) is 1. The van der Waals surface area contributed by atoms with Crippen molar-refractivity contribution in [3.8, 4) is 5.75 Å². The van der Waals surface area contributed by atoms with Crippen LogP contribution in [0.3, 0.4) is 0 Å². The first-order valence-electron chi connectivity index (χ1n) is 10.9. The van der Waals surface area contributed by atoms with E-state index in [4.69, 9.17) is 4.74 Å². The van der Waals surface area contributed by atoms with Crippen LogP contribution in [0.4, 0.5) is 0 Å². The summed E-state index contributed by atoms with van der Waals surface area (Å²) in [4.78, 5) is 14.9. The van der Waals surface area contributed by atoms with Gasteiger partial charge in [0, 0.05) is 5.56 Å². The molecule has 1 fully saturated rings. The molecule has 28 heavy (non-hydrogen) atoms. The summed E-state index contributed by atoms with van der Waals surface area (Å²) in [6, 6.07) is 18.0. The van der Waals surface area contributed by atoms with E-state index in [1.807, 2.05) is 42.5 Å². The van der Waals surface area contributed by atoms with Gasteiger partial charge in [-0.1, -0.05) is 50.1 Å². The van der Waals surface area contributed by atoms with Gasteiger partial charge in [-0.25, -0.2) is 0 Å². The maximum Gasteiger partial charge on any atom is 0.175 e. The summed E-state index contributed by atoms with van der Waals surface area (Å²) in [7, 11) is 0. The number of nitrogens with one attached hydrogen (secondary N) is 1. The Morgan fingerprint density at radius 3 is 2.36 bits per heavy atom. The Balaban J connectivity index is 1.69. The third-order valence-electron chi connectivity index (χ3n) is 5.73. The molecule has 3 heteroatoms. The molecule has 0 aromatic heterocycles. The van der Waals surface area contributed by atoms with Crippen molar-refractivity contribution in [2.45, 2.75) is 51.4 Å². The summed E-state index contributed by atoms with van der Waals surface area (Å²) < 4.78 is 5.79. The smallest absolute Gasteiger partial charge is 0.175 e. The molecule has 1 aliphatic rings. The molecule has 2 aromatic carbocycles. The van der Waals surface area contributed by atoms with Crippen molar-refractivity contribution in [2.24, 2.45) is 0 Å². The van der Waals surface area contributed by atoms with Gasteiger partial charge in [-0.2, -0.15) is 0 Å². The number of benzene rings is 2. The summed E-state index contributed by atoms with van der Waals surface area (Å²) in [6.45, 7) is 6.18. The van der Waals surface area contributed by atoms with Crippen molar-refractivity contribution in [3.05, 3.63) is 65.7 Å². The molecule has 0 unspecified atom stereocenters. The van der Waals surface area contributed by atoms with Crippen LogP contribution in [-0.4, -0.2) is 32.0 Å². The maximum atomic E-state index is 13.4. The highest BCUT2D eigenvalue weighted by molar-refractivity contribution is 6.01. The van der Waals surface area contributed by atoms with Crippen molar-refractivity contribution < 1.29 is 14.4 Å². The van der Waals surface area contributed by atoms with Crippen LogP contribution in [0.1, 0.15) is 67.3 Å². The Kier molecular flexibility index (Phi) is 8.10. The lowest BCUT2D eigenvalue weighted by Gasteiger charge is -2.27. The number of ketones is 1. The summed E-state index contributed by atoms with van der Waals surface area (Å²) in [5.74, 6) is 0.998.